The van der Waals surface area contributed by atoms with E-state index in [4.69, 9.17) is 15.6 Å². The molecule has 1 aromatic carbocycles. The Morgan fingerprint density at radius 1 is 1.47 bits per heavy atom. The largest absolute Gasteiger partial charge is 0.496 e. The summed E-state index contributed by atoms with van der Waals surface area (Å²) in [5, 5.41) is 11.9. The van der Waals surface area contributed by atoms with Crippen molar-refractivity contribution in [2.24, 2.45) is 5.73 Å². The van der Waals surface area contributed by atoms with Crippen LogP contribution in [0.5, 0.6) is 5.75 Å². The Balaban J connectivity index is 2.80. The fourth-order valence-electron chi connectivity index (χ4n) is 1.51. The Hall–Kier alpha value is -1.10. The van der Waals surface area contributed by atoms with Gasteiger partial charge in [-0.3, -0.25) is 0 Å². The van der Waals surface area contributed by atoms with Gasteiger partial charge in [-0.25, -0.2) is 0 Å². The summed E-state index contributed by atoms with van der Waals surface area (Å²) in [6.45, 7) is 1.10. The number of hydrogen-bond acceptors (Lipinski definition) is 4. The van der Waals surface area contributed by atoms with E-state index in [-0.39, 0.29) is 12.6 Å². The number of ether oxygens (including phenoxy) is 1. The molecule has 0 bridgehead atoms. The zero-order chi connectivity index (χ0) is 11.1. The van der Waals surface area contributed by atoms with Gasteiger partial charge in [0.05, 0.1) is 13.7 Å². The first-order chi connectivity index (χ1) is 7.33. The van der Waals surface area contributed by atoms with Crippen molar-refractivity contribution in [3.8, 4) is 5.75 Å². The summed E-state index contributed by atoms with van der Waals surface area (Å²) in [7, 11) is 1.64. The minimum Gasteiger partial charge on any atom is -0.496 e. The molecular formula is C11H18N2O2. The molecule has 0 aromatic heterocycles. The summed E-state index contributed by atoms with van der Waals surface area (Å²) >= 11 is 0. The predicted molar refractivity (Wildman–Crippen MR) is 59.9 cm³/mol. The topological polar surface area (TPSA) is 67.5 Å². The van der Waals surface area contributed by atoms with Gasteiger partial charge in [0, 0.05) is 24.7 Å². The molecule has 0 fully saturated rings. The van der Waals surface area contributed by atoms with Gasteiger partial charge < -0.3 is 20.9 Å². The first kappa shape index (κ1) is 12.0. The summed E-state index contributed by atoms with van der Waals surface area (Å²) in [4.78, 5) is 0. The molecule has 1 aromatic rings. The van der Waals surface area contributed by atoms with Gasteiger partial charge in [-0.2, -0.15) is 0 Å². The maximum absolute atomic E-state index is 8.75. The van der Waals surface area contributed by atoms with E-state index >= 15 is 0 Å². The fourth-order valence-corrected chi connectivity index (χ4v) is 1.51. The van der Waals surface area contributed by atoms with Gasteiger partial charge in [0.15, 0.2) is 0 Å². The van der Waals surface area contributed by atoms with E-state index in [1.807, 2.05) is 24.3 Å². The number of methoxy groups -OCH3 is 1. The second-order valence-corrected chi connectivity index (χ2v) is 3.21. The first-order valence-electron chi connectivity index (χ1n) is 5.00. The van der Waals surface area contributed by atoms with Crippen molar-refractivity contribution in [3.63, 3.8) is 0 Å². The van der Waals surface area contributed by atoms with Gasteiger partial charge in [-0.05, 0) is 6.07 Å². The lowest BCUT2D eigenvalue weighted by atomic mass is 10.1. The molecule has 0 aliphatic rings. The zero-order valence-corrected chi connectivity index (χ0v) is 8.94. The molecule has 0 saturated heterocycles. The Bertz CT molecular complexity index is 292. The normalized spacial score (nSPS) is 12.5. The molecule has 4 nitrogen and oxygen atoms in total. The van der Waals surface area contributed by atoms with E-state index in [1.54, 1.807) is 7.11 Å². The summed E-state index contributed by atoms with van der Waals surface area (Å²) in [5.41, 5.74) is 6.69. The van der Waals surface area contributed by atoms with Gasteiger partial charge in [0.25, 0.3) is 0 Å². The van der Waals surface area contributed by atoms with Gasteiger partial charge in [0.1, 0.15) is 5.75 Å². The van der Waals surface area contributed by atoms with E-state index < -0.39 is 0 Å². The second kappa shape index (κ2) is 6.40. The van der Waals surface area contributed by atoms with E-state index in [1.165, 1.54) is 0 Å². The first-order valence-corrected chi connectivity index (χ1v) is 5.00. The average molecular weight is 210 g/mol. The van der Waals surface area contributed by atoms with Crippen molar-refractivity contribution < 1.29 is 9.84 Å². The van der Waals surface area contributed by atoms with Crippen LogP contribution in [0.3, 0.4) is 0 Å². The molecule has 84 valence electrons. The molecule has 0 saturated carbocycles. The average Bonchev–Trinajstić information content (AvgIpc) is 2.30. The molecule has 15 heavy (non-hydrogen) atoms. The van der Waals surface area contributed by atoms with Gasteiger partial charge in [-0.15, -0.1) is 0 Å². The second-order valence-electron chi connectivity index (χ2n) is 3.21. The molecule has 4 N–H and O–H groups in total. The monoisotopic (exact) mass is 210 g/mol. The van der Waals surface area contributed by atoms with Crippen molar-refractivity contribution in [1.82, 2.24) is 5.32 Å². The highest BCUT2D eigenvalue weighted by Gasteiger charge is 2.12. The molecule has 1 rings (SSSR count). The van der Waals surface area contributed by atoms with Crippen LogP contribution in [0.1, 0.15) is 11.6 Å². The minimum atomic E-state index is 0.0216. The van der Waals surface area contributed by atoms with E-state index in [2.05, 4.69) is 5.32 Å². The van der Waals surface area contributed by atoms with Crippen LogP contribution in [0.15, 0.2) is 24.3 Å². The molecule has 0 aliphatic heterocycles. The molecule has 0 heterocycles. The minimum absolute atomic E-state index is 0.0216. The maximum Gasteiger partial charge on any atom is 0.123 e. The SMILES string of the molecule is COc1ccccc1C(CN)NCCO. The predicted octanol–water partition coefficient (Wildman–Crippen LogP) is 0.277. The Morgan fingerprint density at radius 2 is 2.20 bits per heavy atom. The van der Waals surface area contributed by atoms with Crippen molar-refractivity contribution in [1.29, 1.82) is 0 Å². The summed E-state index contributed by atoms with van der Waals surface area (Å²) in [6, 6.07) is 7.76. The summed E-state index contributed by atoms with van der Waals surface area (Å²) < 4.78 is 5.25. The van der Waals surface area contributed by atoms with Crippen LogP contribution in [-0.2, 0) is 0 Å². The van der Waals surface area contributed by atoms with Crippen LogP contribution in [0, 0.1) is 0 Å². The highest BCUT2D eigenvalue weighted by atomic mass is 16.5. The number of hydrogen-bond donors (Lipinski definition) is 3. The van der Waals surface area contributed by atoms with E-state index in [0.717, 1.165) is 11.3 Å². The molecule has 1 atom stereocenters. The van der Waals surface area contributed by atoms with Crippen LogP contribution in [0.2, 0.25) is 0 Å². The maximum atomic E-state index is 8.75. The van der Waals surface area contributed by atoms with Gasteiger partial charge in [0.2, 0.25) is 0 Å². The number of benzene rings is 1. The quantitative estimate of drug-likeness (QED) is 0.631. The molecule has 0 radical (unpaired) electrons. The van der Waals surface area contributed by atoms with Crippen molar-refractivity contribution in [3.05, 3.63) is 29.8 Å². The highest BCUT2D eigenvalue weighted by molar-refractivity contribution is 5.36. The highest BCUT2D eigenvalue weighted by Crippen LogP contribution is 2.23. The summed E-state index contributed by atoms with van der Waals surface area (Å²) in [6.07, 6.45) is 0. The third kappa shape index (κ3) is 3.20. The van der Waals surface area contributed by atoms with Crippen LogP contribution < -0.4 is 15.8 Å². The molecular weight excluding hydrogens is 192 g/mol. The van der Waals surface area contributed by atoms with Crippen LogP contribution in [-0.4, -0.2) is 31.9 Å². The number of nitrogens with one attached hydrogen (secondary N) is 1. The lowest BCUT2D eigenvalue weighted by Gasteiger charge is -2.19. The van der Waals surface area contributed by atoms with Crippen LogP contribution in [0.25, 0.3) is 0 Å². The molecule has 1 unspecified atom stereocenters. The number of nitrogens with two attached hydrogens (primary N) is 1. The van der Waals surface area contributed by atoms with Crippen LogP contribution in [0.4, 0.5) is 0 Å². The Kier molecular flexibility index (Phi) is 5.10. The third-order valence-electron chi connectivity index (χ3n) is 2.25. The Morgan fingerprint density at radius 3 is 2.80 bits per heavy atom. The molecule has 0 aliphatic carbocycles. The summed E-state index contributed by atoms with van der Waals surface area (Å²) in [5.74, 6) is 0.818. The molecule has 0 amide bonds. The lowest BCUT2D eigenvalue weighted by molar-refractivity contribution is 0.284. The molecule has 0 spiro atoms. The van der Waals surface area contributed by atoms with Gasteiger partial charge >= 0.3 is 0 Å². The smallest absolute Gasteiger partial charge is 0.123 e. The van der Waals surface area contributed by atoms with E-state index in [9.17, 15) is 0 Å². The number of aliphatic hydroxyl groups is 1. The van der Waals surface area contributed by atoms with E-state index in [0.29, 0.717) is 13.1 Å². The Labute approximate surface area is 90.1 Å². The van der Waals surface area contributed by atoms with Crippen molar-refractivity contribution in [2.75, 3.05) is 26.8 Å². The zero-order valence-electron chi connectivity index (χ0n) is 8.94. The standard InChI is InChI=1S/C11H18N2O2/c1-15-11-5-3-2-4-9(11)10(8-12)13-6-7-14/h2-5,10,13-14H,6-8,12H2,1H3. The van der Waals surface area contributed by atoms with Crippen molar-refractivity contribution in [2.45, 2.75) is 6.04 Å². The fraction of sp³-hybridized carbons (Fsp3) is 0.455. The van der Waals surface area contributed by atoms with Crippen LogP contribution >= 0.6 is 0 Å². The van der Waals surface area contributed by atoms with Gasteiger partial charge in [-0.1, -0.05) is 18.2 Å². The molecule has 4 heteroatoms. The van der Waals surface area contributed by atoms with Crippen molar-refractivity contribution >= 4 is 0 Å². The number of rotatable bonds is 6. The number of para-hydroxylation sites is 1. The number of aliphatic hydroxyl groups excluding tert-OH is 1. The lowest BCUT2D eigenvalue weighted by Crippen LogP contribution is -2.30. The third-order valence-corrected chi connectivity index (χ3v) is 2.25.